The average molecular weight is 357 g/mol. The number of quaternary nitrogens is 1. The van der Waals surface area contributed by atoms with E-state index < -0.39 is 0 Å². The Hall–Kier alpha value is -2.08. The number of nitrogens with one attached hydrogen (secondary N) is 1. The van der Waals surface area contributed by atoms with Gasteiger partial charge in [0.2, 0.25) is 0 Å². The molecule has 4 rings (SSSR count). The van der Waals surface area contributed by atoms with Crippen LogP contribution in [0.4, 0.5) is 10.5 Å². The highest BCUT2D eigenvalue weighted by atomic mass is 16.2. The summed E-state index contributed by atoms with van der Waals surface area (Å²) in [6.45, 7) is 6.98. The fourth-order valence-corrected chi connectivity index (χ4v) is 4.50. The number of carbonyl (C=O) groups excluding carboxylic acids is 2. The van der Waals surface area contributed by atoms with Crippen molar-refractivity contribution in [3.63, 3.8) is 0 Å². The van der Waals surface area contributed by atoms with Crippen LogP contribution in [0.15, 0.2) is 30.3 Å². The van der Waals surface area contributed by atoms with Crippen LogP contribution >= 0.6 is 0 Å². The third-order valence-electron chi connectivity index (χ3n) is 6.03. The van der Waals surface area contributed by atoms with Crippen LogP contribution in [0.1, 0.15) is 25.7 Å². The van der Waals surface area contributed by atoms with Crippen molar-refractivity contribution in [1.29, 1.82) is 0 Å². The van der Waals surface area contributed by atoms with E-state index in [0.717, 1.165) is 65.0 Å². The van der Waals surface area contributed by atoms with Gasteiger partial charge < -0.3 is 14.7 Å². The Morgan fingerprint density at radius 3 is 2.50 bits per heavy atom. The second kappa shape index (κ2) is 7.66. The molecule has 3 amide bonds. The molecular formula is C20H29N4O2+. The van der Waals surface area contributed by atoms with E-state index in [1.165, 1.54) is 10.6 Å². The number of amides is 3. The first-order valence-corrected chi connectivity index (χ1v) is 9.99. The van der Waals surface area contributed by atoms with Gasteiger partial charge in [0.15, 0.2) is 0 Å². The number of fused-ring (bicyclic) bond motifs is 1. The monoisotopic (exact) mass is 357 g/mol. The maximum absolute atomic E-state index is 12.3. The number of hydrogen-bond acceptors (Lipinski definition) is 3. The Labute approximate surface area is 155 Å². The predicted octanol–water partition coefficient (Wildman–Crippen LogP) is 0.598. The molecule has 3 heterocycles. The van der Waals surface area contributed by atoms with Crippen LogP contribution in [0.3, 0.4) is 0 Å². The van der Waals surface area contributed by atoms with Crippen molar-refractivity contribution in [3.05, 3.63) is 30.3 Å². The first-order valence-electron chi connectivity index (χ1n) is 9.99. The molecule has 3 aliphatic heterocycles. The Kier molecular flexibility index (Phi) is 5.11. The lowest BCUT2D eigenvalue weighted by molar-refractivity contribution is -0.900. The van der Waals surface area contributed by atoms with Crippen LogP contribution in [0.25, 0.3) is 0 Å². The number of imide groups is 1. The van der Waals surface area contributed by atoms with Gasteiger partial charge in [-0.2, -0.15) is 0 Å². The number of anilines is 1. The molecule has 0 aromatic heterocycles. The third-order valence-corrected chi connectivity index (χ3v) is 6.03. The summed E-state index contributed by atoms with van der Waals surface area (Å²) in [7, 11) is 0. The lowest BCUT2D eigenvalue weighted by atomic mass is 10.2. The number of nitrogens with zero attached hydrogens (tertiary/aromatic N) is 3. The fraction of sp³-hybridized carbons (Fsp3) is 0.600. The predicted molar refractivity (Wildman–Crippen MR) is 100 cm³/mol. The molecule has 3 saturated heterocycles. The van der Waals surface area contributed by atoms with E-state index in [0.29, 0.717) is 6.54 Å². The van der Waals surface area contributed by atoms with Gasteiger partial charge in [0.05, 0.1) is 32.7 Å². The molecule has 0 unspecified atom stereocenters. The number of unbranched alkanes of at least 4 members (excludes halogenated alkanes) is 1. The summed E-state index contributed by atoms with van der Waals surface area (Å²) in [5, 5.41) is 0. The first-order chi connectivity index (χ1) is 12.7. The summed E-state index contributed by atoms with van der Waals surface area (Å²) >= 11 is 0. The Bertz CT molecular complexity index is 620. The molecule has 140 valence electrons. The van der Waals surface area contributed by atoms with Crippen molar-refractivity contribution < 1.29 is 14.5 Å². The number of benzene rings is 1. The Morgan fingerprint density at radius 1 is 1.00 bits per heavy atom. The standard InChI is InChI=1S/C20H28N4O2/c25-19-18-9-6-12-23(18)20(26)24(19)11-5-4-10-21-13-15-22(16-14-21)17-7-2-1-3-8-17/h1-3,7-8,18H,4-6,9-16H2/p+1/t18-/m1/s1. The second-order valence-electron chi connectivity index (χ2n) is 7.65. The largest absolute Gasteiger partial charge is 0.360 e. The lowest BCUT2D eigenvalue weighted by Crippen LogP contribution is -3.14. The highest BCUT2D eigenvalue weighted by molar-refractivity contribution is 6.04. The SMILES string of the molecule is O=C1[C@H]2CCCN2C(=O)N1CCCC[NH+]1CCN(c2ccccc2)CC1. The summed E-state index contributed by atoms with van der Waals surface area (Å²) < 4.78 is 0. The minimum Gasteiger partial charge on any atom is -0.360 e. The van der Waals surface area contributed by atoms with Crippen molar-refractivity contribution in [2.75, 3.05) is 50.7 Å². The third kappa shape index (κ3) is 3.43. The van der Waals surface area contributed by atoms with E-state index in [-0.39, 0.29) is 18.0 Å². The lowest BCUT2D eigenvalue weighted by Gasteiger charge is -2.33. The van der Waals surface area contributed by atoms with Crippen molar-refractivity contribution >= 4 is 17.6 Å². The molecule has 1 aromatic carbocycles. The molecule has 0 spiro atoms. The normalized spacial score (nSPS) is 23.8. The number of urea groups is 1. The average Bonchev–Trinajstić information content (AvgIpc) is 3.25. The Balaban J connectivity index is 1.16. The van der Waals surface area contributed by atoms with Crippen molar-refractivity contribution in [2.24, 2.45) is 0 Å². The van der Waals surface area contributed by atoms with Gasteiger partial charge in [0.1, 0.15) is 6.04 Å². The van der Waals surface area contributed by atoms with E-state index in [9.17, 15) is 9.59 Å². The van der Waals surface area contributed by atoms with E-state index in [1.54, 1.807) is 9.80 Å². The minimum absolute atomic E-state index is 0.0383. The van der Waals surface area contributed by atoms with Gasteiger partial charge in [0.25, 0.3) is 5.91 Å². The molecule has 26 heavy (non-hydrogen) atoms. The van der Waals surface area contributed by atoms with Gasteiger partial charge >= 0.3 is 6.03 Å². The number of hydrogen-bond donors (Lipinski definition) is 1. The van der Waals surface area contributed by atoms with Gasteiger partial charge in [-0.1, -0.05) is 18.2 Å². The zero-order chi connectivity index (χ0) is 17.9. The molecule has 1 N–H and O–H groups in total. The molecule has 0 saturated carbocycles. The molecular weight excluding hydrogens is 328 g/mol. The number of piperazine rings is 1. The van der Waals surface area contributed by atoms with Crippen LogP contribution in [0, 0.1) is 0 Å². The fourth-order valence-electron chi connectivity index (χ4n) is 4.50. The zero-order valence-electron chi connectivity index (χ0n) is 15.4. The molecule has 6 nitrogen and oxygen atoms in total. The van der Waals surface area contributed by atoms with E-state index in [4.69, 9.17) is 0 Å². The van der Waals surface area contributed by atoms with Crippen LogP contribution in [-0.2, 0) is 4.79 Å². The van der Waals surface area contributed by atoms with Crippen molar-refractivity contribution in [1.82, 2.24) is 9.80 Å². The molecule has 0 aliphatic carbocycles. The van der Waals surface area contributed by atoms with Crippen LogP contribution in [0.5, 0.6) is 0 Å². The molecule has 3 fully saturated rings. The van der Waals surface area contributed by atoms with Crippen molar-refractivity contribution in [3.8, 4) is 0 Å². The minimum atomic E-state index is -0.154. The van der Waals surface area contributed by atoms with Gasteiger partial charge in [-0.05, 0) is 37.8 Å². The highest BCUT2D eigenvalue weighted by Gasteiger charge is 2.46. The Morgan fingerprint density at radius 2 is 1.77 bits per heavy atom. The van der Waals surface area contributed by atoms with Gasteiger partial charge in [0, 0.05) is 18.8 Å². The smallest absolute Gasteiger partial charge is 0.327 e. The number of carbonyl (C=O) groups is 2. The van der Waals surface area contributed by atoms with Gasteiger partial charge in [-0.15, -0.1) is 0 Å². The van der Waals surface area contributed by atoms with Crippen molar-refractivity contribution in [2.45, 2.75) is 31.7 Å². The molecule has 6 heteroatoms. The maximum atomic E-state index is 12.3. The summed E-state index contributed by atoms with van der Waals surface area (Å²) in [6, 6.07) is 10.4. The second-order valence-corrected chi connectivity index (χ2v) is 7.65. The summed E-state index contributed by atoms with van der Waals surface area (Å²) in [5.74, 6) is 0.0383. The van der Waals surface area contributed by atoms with Crippen LogP contribution in [-0.4, -0.2) is 73.6 Å². The molecule has 0 radical (unpaired) electrons. The topological polar surface area (TPSA) is 48.3 Å². The van der Waals surface area contributed by atoms with E-state index in [2.05, 4.69) is 35.2 Å². The molecule has 3 aliphatic rings. The van der Waals surface area contributed by atoms with Crippen LogP contribution < -0.4 is 9.80 Å². The quantitative estimate of drug-likeness (QED) is 0.599. The van der Waals surface area contributed by atoms with Crippen LogP contribution in [0.2, 0.25) is 0 Å². The van der Waals surface area contributed by atoms with Gasteiger partial charge in [-0.25, -0.2) is 4.79 Å². The van der Waals surface area contributed by atoms with E-state index in [1.807, 2.05) is 0 Å². The summed E-state index contributed by atoms with van der Waals surface area (Å²) in [6.07, 6.45) is 3.80. The summed E-state index contributed by atoms with van der Waals surface area (Å²) in [5.41, 5.74) is 1.32. The first kappa shape index (κ1) is 17.3. The van der Waals surface area contributed by atoms with E-state index >= 15 is 0 Å². The number of para-hydroxylation sites is 1. The highest BCUT2D eigenvalue weighted by Crippen LogP contribution is 2.27. The van der Waals surface area contributed by atoms with Gasteiger partial charge in [-0.3, -0.25) is 9.69 Å². The summed E-state index contributed by atoms with van der Waals surface area (Å²) in [4.78, 5) is 31.9. The maximum Gasteiger partial charge on any atom is 0.327 e. The molecule has 1 atom stereocenters. The number of rotatable bonds is 6. The molecule has 1 aromatic rings. The molecule has 0 bridgehead atoms. The zero-order valence-corrected chi connectivity index (χ0v) is 15.4.